The van der Waals surface area contributed by atoms with Gasteiger partial charge in [0.15, 0.2) is 12.4 Å². The van der Waals surface area contributed by atoms with Gasteiger partial charge in [-0.1, -0.05) is 35.9 Å². The van der Waals surface area contributed by atoms with E-state index in [0.29, 0.717) is 11.3 Å². The van der Waals surface area contributed by atoms with E-state index in [1.807, 2.05) is 24.3 Å². The zero-order chi connectivity index (χ0) is 18.7. The minimum atomic E-state index is -0.777. The largest absolute Gasteiger partial charge is 0.507 e. The number of hydrogen-bond donors (Lipinski definition) is 1. The average molecular weight is 371 g/mol. The molecule has 0 aliphatic heterocycles. The highest BCUT2D eigenvalue weighted by Crippen LogP contribution is 2.27. The van der Waals surface area contributed by atoms with Crippen LogP contribution in [0.5, 0.6) is 11.5 Å². The van der Waals surface area contributed by atoms with Gasteiger partial charge >= 0.3 is 5.97 Å². The highest BCUT2D eigenvalue weighted by Gasteiger charge is 2.17. The fourth-order valence-electron chi connectivity index (χ4n) is 2.52. The fraction of sp³-hybridized carbons (Fsp3) is 0.100. The number of fused-ring (bicyclic) bond motifs is 1. The first kappa shape index (κ1) is 17.8. The van der Waals surface area contributed by atoms with E-state index in [-0.39, 0.29) is 16.3 Å². The Labute approximate surface area is 154 Å². The van der Waals surface area contributed by atoms with Gasteiger partial charge in [-0.25, -0.2) is 4.79 Å². The van der Waals surface area contributed by atoms with E-state index in [2.05, 4.69) is 0 Å². The molecule has 0 heterocycles. The van der Waals surface area contributed by atoms with Gasteiger partial charge in [0.25, 0.3) is 0 Å². The van der Waals surface area contributed by atoms with Gasteiger partial charge in [-0.3, -0.25) is 4.79 Å². The number of rotatable bonds is 5. The number of esters is 1. The molecule has 0 bridgehead atoms. The Balaban J connectivity index is 1.73. The smallest absolute Gasteiger partial charge is 0.342 e. The Kier molecular flexibility index (Phi) is 5.09. The SMILES string of the molecule is COc1ccc(C(=O)COC(=O)c2cc3ccccc3cc2O)cc1Cl. The molecule has 6 heteroatoms. The Morgan fingerprint density at radius 1 is 1.04 bits per heavy atom. The van der Waals surface area contributed by atoms with Gasteiger partial charge in [-0.15, -0.1) is 0 Å². The maximum Gasteiger partial charge on any atom is 0.342 e. The molecule has 1 N–H and O–H groups in total. The van der Waals surface area contributed by atoms with Crippen molar-refractivity contribution < 1.29 is 24.2 Å². The van der Waals surface area contributed by atoms with Crippen LogP contribution in [0.15, 0.2) is 54.6 Å². The molecule has 0 amide bonds. The van der Waals surface area contributed by atoms with Crippen molar-refractivity contribution in [2.45, 2.75) is 0 Å². The molecule has 0 aromatic heterocycles. The van der Waals surface area contributed by atoms with Crippen LogP contribution in [0.25, 0.3) is 10.8 Å². The summed E-state index contributed by atoms with van der Waals surface area (Å²) in [6, 6.07) is 14.9. The number of methoxy groups -OCH3 is 1. The van der Waals surface area contributed by atoms with Crippen molar-refractivity contribution in [1.29, 1.82) is 0 Å². The number of phenols is 1. The number of phenolic OH excluding ortho intramolecular Hbond substituents is 1. The number of aromatic hydroxyl groups is 1. The molecule has 0 spiro atoms. The molecule has 3 aromatic carbocycles. The van der Waals surface area contributed by atoms with Crippen molar-refractivity contribution >= 4 is 34.1 Å². The summed E-state index contributed by atoms with van der Waals surface area (Å²) >= 11 is 5.99. The Morgan fingerprint density at radius 3 is 2.38 bits per heavy atom. The molecule has 26 heavy (non-hydrogen) atoms. The number of Topliss-reactive ketones (excluding diaryl/α,β-unsaturated/α-hetero) is 1. The van der Waals surface area contributed by atoms with Crippen LogP contribution in [-0.2, 0) is 4.74 Å². The van der Waals surface area contributed by atoms with Crippen LogP contribution in [0.4, 0.5) is 0 Å². The topological polar surface area (TPSA) is 72.8 Å². The maximum absolute atomic E-state index is 12.2. The molecule has 0 radical (unpaired) electrons. The second-order valence-electron chi connectivity index (χ2n) is 5.57. The molecule has 132 valence electrons. The van der Waals surface area contributed by atoms with Crippen LogP contribution in [0.1, 0.15) is 20.7 Å². The molecule has 0 fully saturated rings. The third-order valence-corrected chi connectivity index (χ3v) is 4.19. The summed E-state index contributed by atoms with van der Waals surface area (Å²) in [5.74, 6) is -0.945. The molecule has 5 nitrogen and oxygen atoms in total. The van der Waals surface area contributed by atoms with Crippen molar-refractivity contribution in [3.8, 4) is 11.5 Å². The van der Waals surface area contributed by atoms with E-state index in [4.69, 9.17) is 21.1 Å². The fourth-order valence-corrected chi connectivity index (χ4v) is 2.78. The first-order valence-corrected chi connectivity index (χ1v) is 8.13. The van der Waals surface area contributed by atoms with Crippen LogP contribution < -0.4 is 4.74 Å². The van der Waals surface area contributed by atoms with Crippen molar-refractivity contribution in [2.75, 3.05) is 13.7 Å². The number of ketones is 1. The summed E-state index contributed by atoms with van der Waals surface area (Å²) in [5, 5.41) is 11.9. The number of carbonyl (C=O) groups excluding carboxylic acids is 2. The van der Waals surface area contributed by atoms with Crippen LogP contribution in [0, 0.1) is 0 Å². The number of benzene rings is 3. The number of halogens is 1. The Bertz CT molecular complexity index is 997. The molecule has 3 aromatic rings. The summed E-state index contributed by atoms with van der Waals surface area (Å²) in [6.07, 6.45) is 0. The van der Waals surface area contributed by atoms with E-state index in [1.54, 1.807) is 6.07 Å². The lowest BCUT2D eigenvalue weighted by Gasteiger charge is -2.08. The molecule has 0 aliphatic carbocycles. The summed E-state index contributed by atoms with van der Waals surface area (Å²) in [7, 11) is 1.47. The van der Waals surface area contributed by atoms with Crippen LogP contribution in [-0.4, -0.2) is 30.6 Å². The van der Waals surface area contributed by atoms with Gasteiger partial charge < -0.3 is 14.6 Å². The van der Waals surface area contributed by atoms with Crippen LogP contribution in [0.3, 0.4) is 0 Å². The van der Waals surface area contributed by atoms with E-state index in [1.165, 1.54) is 31.4 Å². The monoisotopic (exact) mass is 370 g/mol. The van der Waals surface area contributed by atoms with Gasteiger partial charge in [0.2, 0.25) is 0 Å². The van der Waals surface area contributed by atoms with E-state index in [9.17, 15) is 14.7 Å². The van der Waals surface area contributed by atoms with E-state index >= 15 is 0 Å². The minimum Gasteiger partial charge on any atom is -0.507 e. The van der Waals surface area contributed by atoms with Crippen LogP contribution in [0.2, 0.25) is 5.02 Å². The number of hydrogen-bond acceptors (Lipinski definition) is 5. The molecule has 0 atom stereocenters. The summed E-state index contributed by atoms with van der Waals surface area (Å²) < 4.78 is 10.1. The lowest BCUT2D eigenvalue weighted by Crippen LogP contribution is -2.14. The standard InChI is InChI=1S/C20H15ClO5/c1-25-19-7-6-14(9-16(19)21)18(23)11-26-20(24)15-8-12-4-2-3-5-13(12)10-17(15)22/h2-10,22H,11H2,1H3. The average Bonchev–Trinajstić information content (AvgIpc) is 2.65. The second kappa shape index (κ2) is 7.45. The van der Waals surface area contributed by atoms with E-state index < -0.39 is 18.4 Å². The molecule has 0 saturated carbocycles. The van der Waals surface area contributed by atoms with Gasteiger partial charge in [-0.2, -0.15) is 0 Å². The second-order valence-corrected chi connectivity index (χ2v) is 5.97. The number of carbonyl (C=O) groups is 2. The Morgan fingerprint density at radius 2 is 1.73 bits per heavy atom. The molecule has 0 saturated heterocycles. The van der Waals surface area contributed by atoms with Gasteiger partial charge in [0, 0.05) is 5.56 Å². The Hall–Kier alpha value is -3.05. The van der Waals surface area contributed by atoms with Crippen LogP contribution >= 0.6 is 11.6 Å². The highest BCUT2D eigenvalue weighted by atomic mass is 35.5. The van der Waals surface area contributed by atoms with Gasteiger partial charge in [-0.05, 0) is 41.1 Å². The summed E-state index contributed by atoms with van der Waals surface area (Å²) in [4.78, 5) is 24.4. The molecule has 3 rings (SSSR count). The van der Waals surface area contributed by atoms with Crippen molar-refractivity contribution in [3.05, 3.63) is 70.7 Å². The number of ether oxygens (including phenoxy) is 2. The van der Waals surface area contributed by atoms with E-state index in [0.717, 1.165) is 10.8 Å². The third kappa shape index (κ3) is 3.63. The van der Waals surface area contributed by atoms with Crippen molar-refractivity contribution in [1.82, 2.24) is 0 Å². The third-order valence-electron chi connectivity index (χ3n) is 3.89. The molecular weight excluding hydrogens is 356 g/mol. The molecule has 0 unspecified atom stereocenters. The van der Waals surface area contributed by atoms with Gasteiger partial charge in [0.1, 0.15) is 17.1 Å². The minimum absolute atomic E-state index is 0.00395. The lowest BCUT2D eigenvalue weighted by molar-refractivity contribution is 0.0472. The van der Waals surface area contributed by atoms with Crippen molar-refractivity contribution in [3.63, 3.8) is 0 Å². The first-order chi connectivity index (χ1) is 12.5. The normalized spacial score (nSPS) is 10.5. The summed E-state index contributed by atoms with van der Waals surface area (Å²) in [6.45, 7) is -0.465. The summed E-state index contributed by atoms with van der Waals surface area (Å²) in [5.41, 5.74) is 0.301. The quantitative estimate of drug-likeness (QED) is 0.537. The molecular formula is C20H15ClO5. The first-order valence-electron chi connectivity index (χ1n) is 7.75. The zero-order valence-corrected chi connectivity index (χ0v) is 14.6. The zero-order valence-electron chi connectivity index (χ0n) is 13.9. The predicted octanol–water partition coefficient (Wildman–Crippen LogP) is 4.25. The maximum atomic E-state index is 12.2. The lowest BCUT2D eigenvalue weighted by atomic mass is 10.1. The van der Waals surface area contributed by atoms with Gasteiger partial charge in [0.05, 0.1) is 12.1 Å². The predicted molar refractivity (Wildman–Crippen MR) is 98.2 cm³/mol. The highest BCUT2D eigenvalue weighted by molar-refractivity contribution is 6.32. The van der Waals surface area contributed by atoms with Crippen molar-refractivity contribution in [2.24, 2.45) is 0 Å². The molecule has 0 aliphatic rings.